The highest BCUT2D eigenvalue weighted by atomic mass is 15.1. The van der Waals surface area contributed by atoms with Gasteiger partial charge in [-0.15, -0.1) is 0 Å². The topological polar surface area (TPSA) is 29.3 Å². The first kappa shape index (κ1) is 17.5. The fraction of sp³-hybridized carbons (Fsp3) is 0.474. The van der Waals surface area contributed by atoms with Crippen molar-refractivity contribution in [1.82, 2.24) is 4.90 Å². The number of allylic oxidation sites excluding steroid dienone is 1. The molecule has 0 fully saturated rings. The smallest absolute Gasteiger partial charge is 0.0407 e. The van der Waals surface area contributed by atoms with Gasteiger partial charge in [0, 0.05) is 25.0 Å². The first-order valence-corrected chi connectivity index (χ1v) is 7.93. The molecule has 0 bridgehead atoms. The van der Waals surface area contributed by atoms with Crippen LogP contribution in [0.2, 0.25) is 0 Å². The maximum Gasteiger partial charge on any atom is 0.0407 e. The van der Waals surface area contributed by atoms with Gasteiger partial charge in [-0.2, -0.15) is 0 Å². The number of rotatable bonds is 8. The van der Waals surface area contributed by atoms with Crippen LogP contribution in [0.3, 0.4) is 0 Å². The SMILES string of the molecule is C=C(c1ccc(C(C)C)cc1)N(/C=C\C(C)CC)CCN. The lowest BCUT2D eigenvalue weighted by Gasteiger charge is -2.23. The maximum absolute atomic E-state index is 5.73. The van der Waals surface area contributed by atoms with E-state index < -0.39 is 0 Å². The highest BCUT2D eigenvalue weighted by molar-refractivity contribution is 5.63. The summed E-state index contributed by atoms with van der Waals surface area (Å²) < 4.78 is 0. The minimum atomic E-state index is 0.553. The van der Waals surface area contributed by atoms with Gasteiger partial charge >= 0.3 is 0 Å². The Bertz CT molecular complexity index is 457. The molecule has 0 radical (unpaired) electrons. The van der Waals surface area contributed by atoms with Gasteiger partial charge in [-0.1, -0.05) is 71.0 Å². The lowest BCUT2D eigenvalue weighted by atomic mass is 10.0. The molecule has 1 aromatic carbocycles. The quantitative estimate of drug-likeness (QED) is 0.756. The van der Waals surface area contributed by atoms with E-state index in [9.17, 15) is 0 Å². The average molecular weight is 286 g/mol. The molecule has 21 heavy (non-hydrogen) atoms. The van der Waals surface area contributed by atoms with Crippen molar-refractivity contribution in [2.24, 2.45) is 11.7 Å². The Morgan fingerprint density at radius 3 is 2.33 bits per heavy atom. The van der Waals surface area contributed by atoms with Gasteiger partial charge in [-0.05, 0) is 23.0 Å². The fourth-order valence-corrected chi connectivity index (χ4v) is 2.05. The third-order valence-corrected chi connectivity index (χ3v) is 3.87. The molecule has 1 unspecified atom stereocenters. The van der Waals surface area contributed by atoms with Crippen molar-refractivity contribution in [3.63, 3.8) is 0 Å². The number of hydrogen-bond acceptors (Lipinski definition) is 2. The Morgan fingerprint density at radius 2 is 1.86 bits per heavy atom. The van der Waals surface area contributed by atoms with Gasteiger partial charge in [0.05, 0.1) is 0 Å². The summed E-state index contributed by atoms with van der Waals surface area (Å²) in [5.41, 5.74) is 9.25. The Kier molecular flexibility index (Phi) is 7.24. The Balaban J connectivity index is 2.87. The second-order valence-corrected chi connectivity index (χ2v) is 5.93. The standard InChI is InChI=1S/C19H30N2/c1-6-16(4)11-13-21(14-12-20)17(5)19-9-7-18(8-10-19)15(2)3/h7-11,13,15-16H,5-6,12,14,20H2,1-4H3/b13-11-. The van der Waals surface area contributed by atoms with E-state index in [0.717, 1.165) is 24.2 Å². The van der Waals surface area contributed by atoms with E-state index in [-0.39, 0.29) is 0 Å². The van der Waals surface area contributed by atoms with Crippen LogP contribution in [0.4, 0.5) is 0 Å². The zero-order valence-corrected chi connectivity index (χ0v) is 14.0. The minimum absolute atomic E-state index is 0.553. The summed E-state index contributed by atoms with van der Waals surface area (Å²) in [6, 6.07) is 8.67. The molecule has 2 heteroatoms. The van der Waals surface area contributed by atoms with E-state index in [1.165, 1.54) is 5.56 Å². The van der Waals surface area contributed by atoms with E-state index in [4.69, 9.17) is 5.73 Å². The van der Waals surface area contributed by atoms with Crippen molar-refractivity contribution in [2.75, 3.05) is 13.1 Å². The minimum Gasteiger partial charge on any atom is -0.347 e. The normalized spacial score (nSPS) is 12.9. The molecule has 116 valence electrons. The predicted octanol–water partition coefficient (Wildman–Crippen LogP) is 4.60. The molecule has 2 nitrogen and oxygen atoms in total. The van der Waals surface area contributed by atoms with Gasteiger partial charge in [0.25, 0.3) is 0 Å². The van der Waals surface area contributed by atoms with E-state index in [2.05, 4.69) is 75.7 Å². The summed E-state index contributed by atoms with van der Waals surface area (Å²) in [6.45, 7) is 14.5. The van der Waals surface area contributed by atoms with E-state index in [1.807, 2.05) is 0 Å². The Labute approximate surface area is 130 Å². The number of nitrogens with two attached hydrogens (primary N) is 1. The second-order valence-electron chi connectivity index (χ2n) is 5.93. The van der Waals surface area contributed by atoms with Crippen molar-refractivity contribution in [2.45, 2.75) is 40.0 Å². The zero-order valence-electron chi connectivity index (χ0n) is 14.0. The first-order valence-electron chi connectivity index (χ1n) is 7.93. The molecule has 0 aliphatic carbocycles. The van der Waals surface area contributed by atoms with Gasteiger partial charge in [0.2, 0.25) is 0 Å². The molecule has 0 spiro atoms. The van der Waals surface area contributed by atoms with Crippen LogP contribution in [0.5, 0.6) is 0 Å². The molecule has 0 aromatic heterocycles. The molecule has 0 saturated heterocycles. The van der Waals surface area contributed by atoms with Crippen LogP contribution < -0.4 is 5.73 Å². The van der Waals surface area contributed by atoms with Crippen LogP contribution >= 0.6 is 0 Å². The Morgan fingerprint density at radius 1 is 1.24 bits per heavy atom. The van der Waals surface area contributed by atoms with Crippen LogP contribution in [-0.4, -0.2) is 18.0 Å². The summed E-state index contributed by atoms with van der Waals surface area (Å²) in [4.78, 5) is 2.15. The molecular weight excluding hydrogens is 256 g/mol. The van der Waals surface area contributed by atoms with Crippen LogP contribution in [-0.2, 0) is 0 Å². The highest BCUT2D eigenvalue weighted by Crippen LogP contribution is 2.21. The number of hydrogen-bond donors (Lipinski definition) is 1. The third-order valence-electron chi connectivity index (χ3n) is 3.87. The molecule has 1 atom stereocenters. The van der Waals surface area contributed by atoms with Gasteiger partial charge < -0.3 is 10.6 Å². The lowest BCUT2D eigenvalue weighted by Crippen LogP contribution is -2.23. The summed E-state index contributed by atoms with van der Waals surface area (Å²) in [5.74, 6) is 1.12. The fourth-order valence-electron chi connectivity index (χ4n) is 2.05. The average Bonchev–Trinajstić information content (AvgIpc) is 2.50. The summed E-state index contributed by atoms with van der Waals surface area (Å²) in [7, 11) is 0. The van der Waals surface area contributed by atoms with Crippen LogP contribution in [0, 0.1) is 5.92 Å². The van der Waals surface area contributed by atoms with Gasteiger partial charge in [-0.25, -0.2) is 0 Å². The molecule has 0 aliphatic rings. The zero-order chi connectivity index (χ0) is 15.8. The first-order chi connectivity index (χ1) is 9.99. The van der Waals surface area contributed by atoms with E-state index >= 15 is 0 Å². The van der Waals surface area contributed by atoms with Gasteiger partial charge in [0.1, 0.15) is 0 Å². The van der Waals surface area contributed by atoms with Crippen molar-refractivity contribution in [3.05, 3.63) is 54.2 Å². The van der Waals surface area contributed by atoms with Crippen LogP contribution in [0.25, 0.3) is 5.70 Å². The van der Waals surface area contributed by atoms with E-state index in [0.29, 0.717) is 18.4 Å². The summed E-state index contributed by atoms with van der Waals surface area (Å²) in [6.07, 6.45) is 5.49. The summed E-state index contributed by atoms with van der Waals surface area (Å²) >= 11 is 0. The molecule has 1 rings (SSSR count). The second kappa shape index (κ2) is 8.68. The Hall–Kier alpha value is -1.54. The van der Waals surface area contributed by atoms with E-state index in [1.54, 1.807) is 0 Å². The molecule has 0 aliphatic heterocycles. The number of benzene rings is 1. The lowest BCUT2D eigenvalue weighted by molar-refractivity contribution is 0.532. The number of nitrogens with zero attached hydrogens (tertiary/aromatic N) is 1. The van der Waals surface area contributed by atoms with Crippen molar-refractivity contribution >= 4 is 5.70 Å². The van der Waals surface area contributed by atoms with Crippen molar-refractivity contribution in [1.29, 1.82) is 0 Å². The van der Waals surface area contributed by atoms with Crippen LogP contribution in [0.1, 0.15) is 51.2 Å². The van der Waals surface area contributed by atoms with Crippen LogP contribution in [0.15, 0.2) is 43.1 Å². The molecular formula is C19H30N2. The van der Waals surface area contributed by atoms with Crippen molar-refractivity contribution < 1.29 is 0 Å². The molecule has 1 aromatic rings. The summed E-state index contributed by atoms with van der Waals surface area (Å²) in [5, 5.41) is 0. The highest BCUT2D eigenvalue weighted by Gasteiger charge is 2.07. The molecule has 2 N–H and O–H groups in total. The monoisotopic (exact) mass is 286 g/mol. The molecule has 0 amide bonds. The largest absolute Gasteiger partial charge is 0.347 e. The predicted molar refractivity (Wildman–Crippen MR) is 93.9 cm³/mol. The molecule has 0 saturated carbocycles. The third kappa shape index (κ3) is 5.39. The van der Waals surface area contributed by atoms with Gasteiger partial charge in [0.15, 0.2) is 0 Å². The maximum atomic E-state index is 5.73. The molecule has 0 heterocycles. The van der Waals surface area contributed by atoms with Gasteiger partial charge in [-0.3, -0.25) is 0 Å². The van der Waals surface area contributed by atoms with Crippen molar-refractivity contribution in [3.8, 4) is 0 Å².